The molecule has 0 aromatic rings. The van der Waals surface area contributed by atoms with Crippen molar-refractivity contribution in [2.45, 2.75) is 35.8 Å². The number of alkyl halides is 2. The minimum atomic E-state index is -0.485. The van der Waals surface area contributed by atoms with Crippen molar-refractivity contribution in [1.82, 2.24) is 0 Å². The summed E-state index contributed by atoms with van der Waals surface area (Å²) in [6.45, 7) is 0. The van der Waals surface area contributed by atoms with Crippen LogP contribution in [0.1, 0.15) is 25.7 Å². The van der Waals surface area contributed by atoms with Gasteiger partial charge in [0, 0.05) is 3.92 Å². The van der Waals surface area contributed by atoms with Crippen LogP contribution in [0.3, 0.4) is 0 Å². The molecule has 0 saturated heterocycles. The fraction of sp³-hybridized carbons (Fsp3) is 1.00. The van der Waals surface area contributed by atoms with E-state index in [1.807, 2.05) is 0 Å². The van der Waals surface area contributed by atoms with E-state index in [0.717, 1.165) is 29.6 Å². The van der Waals surface area contributed by atoms with Crippen molar-refractivity contribution in [1.29, 1.82) is 0 Å². The highest BCUT2D eigenvalue weighted by Crippen LogP contribution is 2.25. The maximum absolute atomic E-state index is 12.4. The normalized spacial score (nSPS) is 39.8. The van der Waals surface area contributed by atoms with Crippen molar-refractivity contribution in [2.24, 2.45) is 0 Å². The van der Waals surface area contributed by atoms with E-state index in [9.17, 15) is 4.39 Å². The molecular formula is C6H10FI. The fourth-order valence-electron chi connectivity index (χ4n) is 1.01. The van der Waals surface area contributed by atoms with Crippen LogP contribution in [-0.2, 0) is 0 Å². The molecule has 0 nitrogen and oxygen atoms in total. The molecular weight excluding hydrogens is 218 g/mol. The number of hydrogen-bond acceptors (Lipinski definition) is 0. The molecule has 1 fully saturated rings. The summed E-state index contributed by atoms with van der Waals surface area (Å²) < 4.78 is 13.1. The Kier molecular flexibility index (Phi) is 2.53. The second kappa shape index (κ2) is 2.99. The number of hydrogen-bond donors (Lipinski definition) is 0. The Morgan fingerprint density at radius 1 is 1.12 bits per heavy atom. The van der Waals surface area contributed by atoms with Crippen LogP contribution in [0.5, 0.6) is 0 Å². The lowest BCUT2D eigenvalue weighted by Gasteiger charge is -2.18. The van der Waals surface area contributed by atoms with E-state index in [4.69, 9.17) is 0 Å². The van der Waals surface area contributed by atoms with Gasteiger partial charge in [-0.25, -0.2) is 4.39 Å². The van der Waals surface area contributed by atoms with E-state index in [0.29, 0.717) is 0 Å². The summed E-state index contributed by atoms with van der Waals surface area (Å²) in [6, 6.07) is 0. The molecule has 2 heteroatoms. The summed E-state index contributed by atoms with van der Waals surface area (Å²) in [4.78, 5) is 0. The van der Waals surface area contributed by atoms with Gasteiger partial charge in [0.2, 0.25) is 0 Å². The molecule has 1 rings (SSSR count). The molecule has 1 aliphatic carbocycles. The van der Waals surface area contributed by atoms with E-state index in [-0.39, 0.29) is 0 Å². The second-order valence-electron chi connectivity index (χ2n) is 2.35. The standard InChI is InChI=1S/C6H10FI/c7-5-1-3-6(8)4-2-5/h5-6H,1-4H2. The molecule has 0 aromatic carbocycles. The van der Waals surface area contributed by atoms with Crippen molar-refractivity contribution in [3.63, 3.8) is 0 Å². The lowest BCUT2D eigenvalue weighted by Crippen LogP contribution is -2.13. The zero-order chi connectivity index (χ0) is 5.98. The zero-order valence-electron chi connectivity index (χ0n) is 4.74. The Morgan fingerprint density at radius 3 is 2.00 bits per heavy atom. The van der Waals surface area contributed by atoms with Gasteiger partial charge >= 0.3 is 0 Å². The van der Waals surface area contributed by atoms with Crippen LogP contribution in [0.15, 0.2) is 0 Å². The Hall–Kier alpha value is 0.660. The summed E-state index contributed by atoms with van der Waals surface area (Å²) in [5.74, 6) is 0. The summed E-state index contributed by atoms with van der Waals surface area (Å²) in [7, 11) is 0. The third-order valence-electron chi connectivity index (χ3n) is 1.59. The maximum Gasteiger partial charge on any atom is 0.100 e. The molecule has 0 aromatic heterocycles. The summed E-state index contributed by atoms with van der Waals surface area (Å²) in [6.07, 6.45) is 3.28. The van der Waals surface area contributed by atoms with Crippen molar-refractivity contribution < 1.29 is 4.39 Å². The summed E-state index contributed by atoms with van der Waals surface area (Å²) >= 11 is 2.40. The van der Waals surface area contributed by atoms with Crippen LogP contribution in [0, 0.1) is 0 Å². The molecule has 8 heavy (non-hydrogen) atoms. The van der Waals surface area contributed by atoms with Crippen molar-refractivity contribution in [2.75, 3.05) is 0 Å². The Bertz CT molecular complexity index is 56.9. The van der Waals surface area contributed by atoms with E-state index in [1.54, 1.807) is 0 Å². The third-order valence-corrected chi connectivity index (χ3v) is 2.83. The van der Waals surface area contributed by atoms with Gasteiger partial charge in [0.05, 0.1) is 0 Å². The average Bonchev–Trinajstić information content (AvgIpc) is 1.77. The minimum absolute atomic E-state index is 0.485. The van der Waals surface area contributed by atoms with E-state index >= 15 is 0 Å². The van der Waals surface area contributed by atoms with Gasteiger partial charge < -0.3 is 0 Å². The Morgan fingerprint density at radius 2 is 1.62 bits per heavy atom. The molecule has 0 aliphatic heterocycles. The molecule has 48 valence electrons. The largest absolute Gasteiger partial charge is 0.247 e. The lowest BCUT2D eigenvalue weighted by atomic mass is 9.99. The van der Waals surface area contributed by atoms with Gasteiger partial charge in [-0.05, 0) is 25.7 Å². The van der Waals surface area contributed by atoms with Crippen LogP contribution in [0.4, 0.5) is 4.39 Å². The summed E-state index contributed by atoms with van der Waals surface area (Å²) in [5, 5.41) is 0. The predicted molar refractivity (Wildman–Crippen MR) is 41.2 cm³/mol. The summed E-state index contributed by atoms with van der Waals surface area (Å²) in [5.41, 5.74) is 0. The van der Waals surface area contributed by atoms with Gasteiger partial charge in [0.15, 0.2) is 0 Å². The van der Waals surface area contributed by atoms with E-state index < -0.39 is 6.17 Å². The Balaban J connectivity index is 2.19. The molecule has 0 radical (unpaired) electrons. The second-order valence-corrected chi connectivity index (χ2v) is 4.11. The molecule has 0 spiro atoms. The first-order valence-corrected chi connectivity index (χ1v) is 4.32. The lowest BCUT2D eigenvalue weighted by molar-refractivity contribution is 0.258. The molecule has 0 amide bonds. The monoisotopic (exact) mass is 228 g/mol. The number of rotatable bonds is 0. The fourth-order valence-corrected chi connectivity index (χ4v) is 1.73. The molecule has 0 heterocycles. The first-order valence-electron chi connectivity index (χ1n) is 3.07. The molecule has 1 saturated carbocycles. The highest BCUT2D eigenvalue weighted by molar-refractivity contribution is 14.1. The van der Waals surface area contributed by atoms with Gasteiger partial charge in [-0.1, -0.05) is 22.6 Å². The minimum Gasteiger partial charge on any atom is -0.247 e. The molecule has 0 atom stereocenters. The van der Waals surface area contributed by atoms with E-state index in [2.05, 4.69) is 22.6 Å². The van der Waals surface area contributed by atoms with Crippen molar-refractivity contribution in [3.05, 3.63) is 0 Å². The highest BCUT2D eigenvalue weighted by atomic mass is 127. The molecule has 1 aliphatic rings. The quantitative estimate of drug-likeness (QED) is 0.441. The molecule has 0 unspecified atom stereocenters. The van der Waals surface area contributed by atoms with Gasteiger partial charge in [0.25, 0.3) is 0 Å². The molecule has 0 bridgehead atoms. The first kappa shape index (κ1) is 6.78. The maximum atomic E-state index is 12.4. The predicted octanol–water partition coefficient (Wildman–Crippen LogP) is 2.70. The van der Waals surface area contributed by atoms with Gasteiger partial charge in [-0.15, -0.1) is 0 Å². The van der Waals surface area contributed by atoms with Crippen LogP contribution < -0.4 is 0 Å². The van der Waals surface area contributed by atoms with Gasteiger partial charge in [-0.2, -0.15) is 0 Å². The van der Waals surface area contributed by atoms with Crippen LogP contribution in [0.2, 0.25) is 0 Å². The molecule has 0 N–H and O–H groups in total. The smallest absolute Gasteiger partial charge is 0.100 e. The van der Waals surface area contributed by atoms with Crippen molar-refractivity contribution >= 4 is 22.6 Å². The van der Waals surface area contributed by atoms with Crippen LogP contribution >= 0.6 is 22.6 Å². The van der Waals surface area contributed by atoms with Crippen molar-refractivity contribution in [3.8, 4) is 0 Å². The van der Waals surface area contributed by atoms with Gasteiger partial charge in [0.1, 0.15) is 6.17 Å². The number of halogens is 2. The van der Waals surface area contributed by atoms with Crippen LogP contribution in [-0.4, -0.2) is 10.1 Å². The first-order chi connectivity index (χ1) is 3.79. The highest BCUT2D eigenvalue weighted by Gasteiger charge is 2.17. The van der Waals surface area contributed by atoms with Crippen LogP contribution in [0.25, 0.3) is 0 Å². The topological polar surface area (TPSA) is 0 Å². The third kappa shape index (κ3) is 1.88. The SMILES string of the molecule is FC1CCC(I)CC1. The van der Waals surface area contributed by atoms with E-state index in [1.165, 1.54) is 0 Å². The van der Waals surface area contributed by atoms with Gasteiger partial charge in [-0.3, -0.25) is 0 Å². The zero-order valence-corrected chi connectivity index (χ0v) is 6.90. The Labute approximate surface area is 63.0 Å². The average molecular weight is 228 g/mol.